The van der Waals surface area contributed by atoms with E-state index in [4.69, 9.17) is 21.9 Å². The molecule has 9 N–H and O–H groups in total. The first-order chi connectivity index (χ1) is 19.2. The highest BCUT2D eigenvalue weighted by molar-refractivity contribution is 5.81. The van der Waals surface area contributed by atoms with Crippen molar-refractivity contribution < 1.29 is 19.4 Å². The molecule has 0 spiro atoms. The number of hydrogen-bond acceptors (Lipinski definition) is 8. The molecule has 2 aromatic rings. The Hall–Kier alpha value is -3.02. The van der Waals surface area contributed by atoms with Gasteiger partial charge in [0.25, 0.3) is 0 Å². The van der Waals surface area contributed by atoms with Gasteiger partial charge in [-0.3, -0.25) is 14.9 Å². The average Bonchev–Trinajstić information content (AvgIpc) is 2.94. The molecule has 2 rings (SSSR count). The topological polar surface area (TPSA) is 169 Å². The van der Waals surface area contributed by atoms with Gasteiger partial charge in [0, 0.05) is 39.1 Å². The molecule has 0 bridgehead atoms. The summed E-state index contributed by atoms with van der Waals surface area (Å²) in [4.78, 5) is 27.4. The van der Waals surface area contributed by atoms with E-state index in [0.717, 1.165) is 23.3 Å². The van der Waals surface area contributed by atoms with Gasteiger partial charge in [0.1, 0.15) is 12.0 Å². The smallest absolute Gasteiger partial charge is 0.237 e. The number of hydrogen-bond donors (Lipinski definition) is 6. The normalized spacial score (nSPS) is 13.5. The maximum atomic E-state index is 13.2. The fraction of sp³-hybridized carbons (Fsp3) is 0.533. The molecule has 0 aliphatic rings. The van der Waals surface area contributed by atoms with Crippen molar-refractivity contribution in [2.24, 2.45) is 23.1 Å². The average molecular weight is 557 g/mol. The second kappa shape index (κ2) is 18.4. The molecule has 2 aromatic carbocycles. The van der Waals surface area contributed by atoms with Crippen LogP contribution in [0.4, 0.5) is 0 Å². The van der Waals surface area contributed by atoms with Crippen molar-refractivity contribution in [2.75, 3.05) is 32.8 Å². The van der Waals surface area contributed by atoms with Gasteiger partial charge >= 0.3 is 0 Å². The van der Waals surface area contributed by atoms with Crippen LogP contribution in [0.5, 0.6) is 5.75 Å². The predicted molar refractivity (Wildman–Crippen MR) is 158 cm³/mol. The zero-order valence-corrected chi connectivity index (χ0v) is 23.9. The molecule has 0 radical (unpaired) electrons. The molecule has 3 unspecified atom stereocenters. The van der Waals surface area contributed by atoms with E-state index in [1.165, 1.54) is 4.90 Å². The first-order valence-electron chi connectivity index (χ1n) is 14.1. The molecule has 0 heterocycles. The number of nitrogens with two attached hydrogens (primary N) is 3. The second-order valence-electron chi connectivity index (χ2n) is 10.4. The van der Waals surface area contributed by atoms with Gasteiger partial charge in [0.05, 0.1) is 18.7 Å². The number of aliphatic hydroxyl groups is 1. The van der Waals surface area contributed by atoms with Gasteiger partial charge in [-0.1, -0.05) is 56.3 Å². The van der Waals surface area contributed by atoms with Gasteiger partial charge in [-0.2, -0.15) is 0 Å². The number of carbonyl (C=O) groups is 2. The van der Waals surface area contributed by atoms with E-state index < -0.39 is 18.3 Å². The number of nitrogens with one attached hydrogen (secondary N) is 2. The predicted octanol–water partition coefficient (Wildman–Crippen LogP) is 1.10. The maximum Gasteiger partial charge on any atom is 0.237 e. The third-order valence-electron chi connectivity index (χ3n) is 6.57. The number of aliphatic hydroxyl groups excluding tert-OH is 1. The Morgan fingerprint density at radius 3 is 2.20 bits per heavy atom. The fourth-order valence-corrected chi connectivity index (χ4v) is 4.12. The molecule has 10 heteroatoms. The van der Waals surface area contributed by atoms with Crippen molar-refractivity contribution in [1.29, 1.82) is 0 Å². The lowest BCUT2D eigenvalue weighted by molar-refractivity contribution is -0.132. The van der Waals surface area contributed by atoms with Crippen LogP contribution in [0.15, 0.2) is 54.6 Å². The zero-order chi connectivity index (χ0) is 29.3. The Kier molecular flexibility index (Phi) is 15.2. The van der Waals surface area contributed by atoms with Crippen LogP contribution < -0.4 is 32.6 Å². The Labute approximate surface area is 238 Å². The Morgan fingerprint density at radius 1 is 0.950 bits per heavy atom. The van der Waals surface area contributed by atoms with Crippen LogP contribution in [0.25, 0.3) is 0 Å². The summed E-state index contributed by atoms with van der Waals surface area (Å²) >= 11 is 0. The Morgan fingerprint density at radius 2 is 1.60 bits per heavy atom. The van der Waals surface area contributed by atoms with Crippen molar-refractivity contribution >= 4 is 11.8 Å². The van der Waals surface area contributed by atoms with Crippen LogP contribution in [0.3, 0.4) is 0 Å². The summed E-state index contributed by atoms with van der Waals surface area (Å²) in [7, 11) is 0. The van der Waals surface area contributed by atoms with Crippen molar-refractivity contribution in [3.63, 3.8) is 0 Å². The Bertz CT molecular complexity index is 983. The van der Waals surface area contributed by atoms with E-state index in [0.29, 0.717) is 58.1 Å². The van der Waals surface area contributed by atoms with Crippen LogP contribution in [-0.2, 0) is 22.6 Å². The highest BCUT2D eigenvalue weighted by Gasteiger charge is 2.27. The maximum absolute atomic E-state index is 13.2. The summed E-state index contributed by atoms with van der Waals surface area (Å²) in [5.74, 6) is 0.861. The summed E-state index contributed by atoms with van der Waals surface area (Å²) in [6, 6.07) is 15.8. The minimum Gasteiger partial charge on any atom is -0.494 e. The molecule has 10 nitrogen and oxygen atoms in total. The monoisotopic (exact) mass is 556 g/mol. The molecule has 3 atom stereocenters. The zero-order valence-electron chi connectivity index (χ0n) is 23.9. The third-order valence-corrected chi connectivity index (χ3v) is 6.57. The minimum absolute atomic E-state index is 0.104. The molecule has 222 valence electrons. The molecule has 0 aromatic heterocycles. The summed E-state index contributed by atoms with van der Waals surface area (Å²) < 4.78 is 5.77. The molecular weight excluding hydrogens is 508 g/mol. The summed E-state index contributed by atoms with van der Waals surface area (Å²) in [6.45, 7) is 6.62. The number of amides is 2. The quantitative estimate of drug-likeness (QED) is 0.140. The van der Waals surface area contributed by atoms with Crippen molar-refractivity contribution in [2.45, 2.75) is 64.4 Å². The van der Waals surface area contributed by atoms with E-state index >= 15 is 0 Å². The van der Waals surface area contributed by atoms with Crippen molar-refractivity contribution in [1.82, 2.24) is 15.5 Å². The molecule has 0 saturated heterocycles. The van der Waals surface area contributed by atoms with Gasteiger partial charge in [0.15, 0.2) is 0 Å². The van der Waals surface area contributed by atoms with E-state index in [1.54, 1.807) is 0 Å². The largest absolute Gasteiger partial charge is 0.494 e. The minimum atomic E-state index is -1.27. The SMILES string of the molecule is CC(C)CCOc1ccc(CNC(=O)C(CCc2ccccc2)NC(O)C(N)CC(=O)N(CCN)CCN)cc1. The van der Waals surface area contributed by atoms with Gasteiger partial charge in [-0.05, 0) is 48.4 Å². The fourth-order valence-electron chi connectivity index (χ4n) is 4.12. The molecule has 2 amide bonds. The number of nitrogens with zero attached hydrogens (tertiary/aromatic N) is 1. The lowest BCUT2D eigenvalue weighted by Gasteiger charge is -2.28. The molecular formula is C30H48N6O4. The second-order valence-corrected chi connectivity index (χ2v) is 10.4. The van der Waals surface area contributed by atoms with Crippen LogP contribution in [0.2, 0.25) is 0 Å². The van der Waals surface area contributed by atoms with Crippen LogP contribution in [0.1, 0.15) is 44.2 Å². The van der Waals surface area contributed by atoms with E-state index in [2.05, 4.69) is 24.5 Å². The van der Waals surface area contributed by atoms with Crippen LogP contribution in [0, 0.1) is 5.92 Å². The van der Waals surface area contributed by atoms with Crippen molar-refractivity contribution in [3.8, 4) is 5.75 Å². The molecule has 0 aliphatic heterocycles. The number of carbonyl (C=O) groups excluding carboxylic acids is 2. The van der Waals surface area contributed by atoms with Gasteiger partial charge in [-0.25, -0.2) is 0 Å². The van der Waals surface area contributed by atoms with Gasteiger partial charge in [-0.15, -0.1) is 0 Å². The van der Waals surface area contributed by atoms with Gasteiger partial charge in [0.2, 0.25) is 11.8 Å². The van der Waals surface area contributed by atoms with E-state index in [-0.39, 0.29) is 18.2 Å². The van der Waals surface area contributed by atoms with E-state index in [1.807, 2.05) is 54.6 Å². The lowest BCUT2D eigenvalue weighted by atomic mass is 10.0. The molecule has 40 heavy (non-hydrogen) atoms. The third kappa shape index (κ3) is 12.4. The first kappa shape index (κ1) is 33.2. The molecule has 0 saturated carbocycles. The molecule has 0 aliphatic carbocycles. The summed E-state index contributed by atoms with van der Waals surface area (Å²) in [5.41, 5.74) is 19.4. The molecule has 0 fully saturated rings. The summed E-state index contributed by atoms with van der Waals surface area (Å²) in [6.07, 6.45) is 0.666. The van der Waals surface area contributed by atoms with E-state index in [9.17, 15) is 14.7 Å². The van der Waals surface area contributed by atoms with Gasteiger partial charge < -0.3 is 37.3 Å². The number of rotatable bonds is 19. The van der Waals surface area contributed by atoms with Crippen molar-refractivity contribution in [3.05, 3.63) is 65.7 Å². The number of ether oxygens (including phenoxy) is 1. The number of benzene rings is 2. The standard InChI is InChI=1S/C30H48N6O4/c1-22(2)14-19-40-25-11-8-24(9-12-25)21-34-30(39)27(13-10-23-6-4-3-5-7-23)35-29(38)26(33)20-28(37)36(17-15-31)18-16-32/h3-9,11-12,22,26-27,29,35,38H,10,13-21,31-33H2,1-2H3,(H,34,39). The highest BCUT2D eigenvalue weighted by atomic mass is 16.5. The first-order valence-corrected chi connectivity index (χ1v) is 14.1. The number of aryl methyl sites for hydroxylation is 1. The Balaban J connectivity index is 1.98. The van der Waals surface area contributed by atoms with Crippen LogP contribution >= 0.6 is 0 Å². The lowest BCUT2D eigenvalue weighted by Crippen LogP contribution is -2.55. The highest BCUT2D eigenvalue weighted by Crippen LogP contribution is 2.14. The summed E-state index contributed by atoms with van der Waals surface area (Å²) in [5, 5.41) is 16.7. The van der Waals surface area contributed by atoms with Crippen LogP contribution in [-0.4, -0.2) is 72.9 Å².